The molecule has 0 radical (unpaired) electrons. The second-order valence-electron chi connectivity index (χ2n) is 4.55. The van der Waals surface area contributed by atoms with Crippen LogP contribution in [0, 0.1) is 6.92 Å². The fourth-order valence-corrected chi connectivity index (χ4v) is 3.26. The van der Waals surface area contributed by atoms with E-state index in [1.165, 1.54) is 0 Å². The van der Waals surface area contributed by atoms with Gasteiger partial charge in [0.05, 0.1) is 11.4 Å². The molecule has 0 fully saturated rings. The zero-order chi connectivity index (χ0) is 15.0. The van der Waals surface area contributed by atoms with Gasteiger partial charge < -0.3 is 10.1 Å². The Kier molecular flexibility index (Phi) is 7.14. The predicted molar refractivity (Wildman–Crippen MR) is 77.0 cm³/mol. The van der Waals surface area contributed by atoms with Crippen LogP contribution in [0.25, 0.3) is 0 Å². The summed E-state index contributed by atoms with van der Waals surface area (Å²) in [4.78, 5) is 0.249. The highest BCUT2D eigenvalue weighted by Crippen LogP contribution is 2.17. The summed E-state index contributed by atoms with van der Waals surface area (Å²) < 4.78 is 32.1. The molecule has 0 aliphatic carbocycles. The largest absolute Gasteiger partial charge is 0.385 e. The van der Waals surface area contributed by atoms with Gasteiger partial charge in [0.25, 0.3) is 0 Å². The van der Waals surface area contributed by atoms with E-state index in [0.717, 1.165) is 13.0 Å². The van der Waals surface area contributed by atoms with E-state index in [1.807, 2.05) is 0 Å². The highest BCUT2D eigenvalue weighted by Gasteiger charge is 2.23. The molecule has 1 aromatic heterocycles. The molecule has 7 nitrogen and oxygen atoms in total. The SMILES string of the molecule is CCCNCc1n[nH]c(C)c1S(=O)(=O)NCCCOC. The second-order valence-corrected chi connectivity index (χ2v) is 6.25. The number of sulfonamides is 1. The van der Waals surface area contributed by atoms with Gasteiger partial charge in [-0.15, -0.1) is 0 Å². The van der Waals surface area contributed by atoms with Gasteiger partial charge >= 0.3 is 0 Å². The van der Waals surface area contributed by atoms with Gasteiger partial charge in [0, 0.05) is 26.8 Å². The van der Waals surface area contributed by atoms with Crippen LogP contribution in [0.1, 0.15) is 31.2 Å². The van der Waals surface area contributed by atoms with Gasteiger partial charge in [0.2, 0.25) is 10.0 Å². The van der Waals surface area contributed by atoms with Crippen LogP contribution in [-0.2, 0) is 21.3 Å². The van der Waals surface area contributed by atoms with Crippen LogP contribution >= 0.6 is 0 Å². The summed E-state index contributed by atoms with van der Waals surface area (Å²) in [6.07, 6.45) is 1.62. The van der Waals surface area contributed by atoms with E-state index in [9.17, 15) is 8.42 Å². The number of aromatic nitrogens is 2. The van der Waals surface area contributed by atoms with Crippen LogP contribution in [0.3, 0.4) is 0 Å². The Morgan fingerprint density at radius 1 is 1.35 bits per heavy atom. The van der Waals surface area contributed by atoms with Gasteiger partial charge in [-0.2, -0.15) is 5.10 Å². The number of aryl methyl sites for hydroxylation is 1. The van der Waals surface area contributed by atoms with E-state index in [1.54, 1.807) is 14.0 Å². The lowest BCUT2D eigenvalue weighted by atomic mass is 10.3. The first kappa shape index (κ1) is 17.1. The lowest BCUT2D eigenvalue weighted by Gasteiger charge is -2.08. The molecule has 0 spiro atoms. The molecule has 0 aliphatic heterocycles. The monoisotopic (exact) mass is 304 g/mol. The predicted octanol–water partition coefficient (Wildman–Crippen LogP) is 0.533. The number of H-pyrrole nitrogens is 1. The van der Waals surface area contributed by atoms with E-state index in [0.29, 0.717) is 37.5 Å². The Morgan fingerprint density at radius 3 is 2.75 bits per heavy atom. The molecular weight excluding hydrogens is 280 g/mol. The minimum Gasteiger partial charge on any atom is -0.385 e. The van der Waals surface area contributed by atoms with Crippen LogP contribution in [-0.4, -0.2) is 45.4 Å². The van der Waals surface area contributed by atoms with Crippen molar-refractivity contribution in [1.29, 1.82) is 0 Å². The molecule has 20 heavy (non-hydrogen) atoms. The summed E-state index contributed by atoms with van der Waals surface area (Å²) in [7, 11) is -1.95. The molecule has 0 unspecified atom stereocenters. The van der Waals surface area contributed by atoms with Gasteiger partial charge in [-0.3, -0.25) is 5.10 Å². The molecule has 0 aromatic carbocycles. The quantitative estimate of drug-likeness (QED) is 0.548. The van der Waals surface area contributed by atoms with Gasteiger partial charge in [-0.05, 0) is 26.3 Å². The summed E-state index contributed by atoms with van der Waals surface area (Å²) in [5.41, 5.74) is 1.08. The zero-order valence-corrected chi connectivity index (χ0v) is 13.1. The smallest absolute Gasteiger partial charge is 0.244 e. The van der Waals surface area contributed by atoms with Crippen molar-refractivity contribution < 1.29 is 13.2 Å². The molecule has 1 aromatic rings. The first-order chi connectivity index (χ1) is 9.53. The summed E-state index contributed by atoms with van der Waals surface area (Å²) in [6.45, 7) is 5.90. The third kappa shape index (κ3) is 4.86. The normalized spacial score (nSPS) is 11.9. The minimum absolute atomic E-state index is 0.249. The van der Waals surface area contributed by atoms with Crippen molar-refractivity contribution in [2.45, 2.75) is 38.1 Å². The van der Waals surface area contributed by atoms with E-state index in [4.69, 9.17) is 4.74 Å². The molecule has 8 heteroatoms. The number of ether oxygens (including phenoxy) is 1. The number of aromatic amines is 1. The number of hydrogen-bond acceptors (Lipinski definition) is 5. The number of methoxy groups -OCH3 is 1. The highest BCUT2D eigenvalue weighted by molar-refractivity contribution is 7.89. The van der Waals surface area contributed by atoms with E-state index >= 15 is 0 Å². The molecule has 3 N–H and O–H groups in total. The third-order valence-corrected chi connectivity index (χ3v) is 4.43. The van der Waals surface area contributed by atoms with Gasteiger partial charge in [0.15, 0.2) is 0 Å². The summed E-state index contributed by atoms with van der Waals surface area (Å²) in [6, 6.07) is 0. The molecule has 0 amide bonds. The standard InChI is InChI=1S/C12H24N4O3S/c1-4-6-13-9-11-12(10(2)15-16-11)20(17,18)14-7-5-8-19-3/h13-14H,4-9H2,1-3H3,(H,15,16). The van der Waals surface area contributed by atoms with Gasteiger partial charge in [-0.25, -0.2) is 13.1 Å². The summed E-state index contributed by atoms with van der Waals surface area (Å²) in [5, 5.41) is 9.96. The van der Waals surface area contributed by atoms with Crippen LogP contribution in [0.4, 0.5) is 0 Å². The Labute approximate surface area is 120 Å². The van der Waals surface area contributed by atoms with Crippen molar-refractivity contribution in [2.24, 2.45) is 0 Å². The third-order valence-electron chi connectivity index (χ3n) is 2.77. The second kappa shape index (κ2) is 8.35. The van der Waals surface area contributed by atoms with Crippen LogP contribution in [0.5, 0.6) is 0 Å². The Bertz CT molecular complexity index is 499. The maximum absolute atomic E-state index is 12.3. The lowest BCUT2D eigenvalue weighted by Crippen LogP contribution is -2.27. The molecule has 0 saturated carbocycles. The van der Waals surface area contributed by atoms with Crippen molar-refractivity contribution in [3.63, 3.8) is 0 Å². The van der Waals surface area contributed by atoms with E-state index < -0.39 is 10.0 Å². The number of nitrogens with zero attached hydrogens (tertiary/aromatic N) is 1. The molecule has 116 valence electrons. The molecule has 1 rings (SSSR count). The number of nitrogens with one attached hydrogen (secondary N) is 3. The van der Waals surface area contributed by atoms with Crippen molar-refractivity contribution in [3.05, 3.63) is 11.4 Å². The van der Waals surface area contributed by atoms with Crippen LogP contribution in [0.15, 0.2) is 4.90 Å². The van der Waals surface area contributed by atoms with Crippen LogP contribution in [0.2, 0.25) is 0 Å². The van der Waals surface area contributed by atoms with Crippen molar-refractivity contribution in [3.8, 4) is 0 Å². The molecule has 0 aliphatic rings. The number of hydrogen-bond donors (Lipinski definition) is 3. The average Bonchev–Trinajstić information content (AvgIpc) is 2.77. The zero-order valence-electron chi connectivity index (χ0n) is 12.3. The van der Waals surface area contributed by atoms with Crippen molar-refractivity contribution in [1.82, 2.24) is 20.2 Å². The Hall–Kier alpha value is -0.960. The summed E-state index contributed by atoms with van der Waals surface area (Å²) in [5.74, 6) is 0. The van der Waals surface area contributed by atoms with E-state index in [2.05, 4.69) is 27.2 Å². The fourth-order valence-electron chi connectivity index (χ4n) is 1.82. The fraction of sp³-hybridized carbons (Fsp3) is 0.750. The Morgan fingerprint density at radius 2 is 2.10 bits per heavy atom. The summed E-state index contributed by atoms with van der Waals surface area (Å²) >= 11 is 0. The first-order valence-electron chi connectivity index (χ1n) is 6.76. The molecule has 0 atom stereocenters. The molecular formula is C12H24N4O3S. The first-order valence-corrected chi connectivity index (χ1v) is 8.24. The molecule has 0 bridgehead atoms. The van der Waals surface area contributed by atoms with Crippen LogP contribution < -0.4 is 10.0 Å². The Balaban J connectivity index is 2.74. The van der Waals surface area contributed by atoms with E-state index in [-0.39, 0.29) is 4.90 Å². The minimum atomic E-state index is -3.54. The van der Waals surface area contributed by atoms with Gasteiger partial charge in [-0.1, -0.05) is 6.92 Å². The maximum Gasteiger partial charge on any atom is 0.244 e. The number of rotatable bonds is 10. The lowest BCUT2D eigenvalue weighted by molar-refractivity contribution is 0.196. The maximum atomic E-state index is 12.3. The van der Waals surface area contributed by atoms with Crippen molar-refractivity contribution in [2.75, 3.05) is 26.8 Å². The highest BCUT2D eigenvalue weighted by atomic mass is 32.2. The topological polar surface area (TPSA) is 96.1 Å². The molecule has 1 heterocycles. The molecule has 0 saturated heterocycles. The van der Waals surface area contributed by atoms with Crippen molar-refractivity contribution >= 4 is 10.0 Å². The average molecular weight is 304 g/mol. The van der Waals surface area contributed by atoms with Gasteiger partial charge in [0.1, 0.15) is 4.90 Å².